The van der Waals surface area contributed by atoms with Crippen LogP contribution in [0.5, 0.6) is 0 Å². The number of Topliss-reactive ketones (excluding diaryl/α,β-unsaturated/α-hetero) is 1. The number of esters is 2. The number of carbonyl (C=O) groups is 3. The van der Waals surface area contributed by atoms with Gasteiger partial charge in [0.15, 0.2) is 15.6 Å². The summed E-state index contributed by atoms with van der Waals surface area (Å²) in [5.41, 5.74) is -1.45. The van der Waals surface area contributed by atoms with Crippen LogP contribution in [0.4, 0.5) is 5.69 Å². The number of ketones is 1. The third-order valence-electron chi connectivity index (χ3n) is 3.29. The van der Waals surface area contributed by atoms with Crippen LogP contribution in [0.15, 0.2) is 23.1 Å². The average Bonchev–Trinajstić information content (AvgIpc) is 2.43. The molecule has 10 nitrogen and oxygen atoms in total. The molecule has 134 valence electrons. The van der Waals surface area contributed by atoms with Crippen LogP contribution in [-0.2, 0) is 28.9 Å². The molecule has 1 aromatic carbocycles. The van der Waals surface area contributed by atoms with E-state index in [1.165, 1.54) is 13.8 Å². The molecule has 2 rings (SSSR count). The molecule has 0 unspecified atom stereocenters. The highest BCUT2D eigenvalue weighted by Crippen LogP contribution is 2.30. The Morgan fingerprint density at radius 2 is 1.72 bits per heavy atom. The van der Waals surface area contributed by atoms with Crippen molar-refractivity contribution in [2.75, 3.05) is 6.26 Å². The zero-order chi connectivity index (χ0) is 19.2. The molecule has 0 aromatic heterocycles. The van der Waals surface area contributed by atoms with Gasteiger partial charge in [0.25, 0.3) is 11.5 Å². The Hall–Kier alpha value is -2.82. The molecule has 0 amide bonds. The molecule has 0 aliphatic carbocycles. The van der Waals surface area contributed by atoms with E-state index < -0.39 is 55.4 Å². The van der Waals surface area contributed by atoms with E-state index in [0.717, 1.165) is 18.4 Å². The topological polar surface area (TPSA) is 147 Å². The Balaban J connectivity index is 2.51. The van der Waals surface area contributed by atoms with Crippen molar-refractivity contribution < 1.29 is 37.2 Å². The number of rotatable bonds is 4. The maximum Gasteiger partial charge on any atom is 0.331 e. The SMILES string of the molecule is CC1(C)OC(=O)C(C(=O)c2ccc(S(C)(=O)=O)cc2[N+](=O)[O-])C(=O)O1. The van der Waals surface area contributed by atoms with Gasteiger partial charge < -0.3 is 9.47 Å². The first kappa shape index (κ1) is 18.5. The number of cyclic esters (lactones) is 2. The van der Waals surface area contributed by atoms with Crippen molar-refractivity contribution >= 4 is 33.2 Å². The van der Waals surface area contributed by atoms with Crippen molar-refractivity contribution in [2.45, 2.75) is 24.5 Å². The summed E-state index contributed by atoms with van der Waals surface area (Å²) in [5, 5.41) is 11.2. The molecule has 0 atom stereocenters. The summed E-state index contributed by atoms with van der Waals surface area (Å²) in [6, 6.07) is 2.53. The first-order valence-corrected chi connectivity index (χ1v) is 8.71. The standard InChI is InChI=1S/C14H13NO9S/c1-14(2)23-12(17)10(13(18)24-14)11(16)8-5-4-7(25(3,21)22)6-9(8)15(19)20/h4-6,10H,1-3H3. The number of hydrogen-bond donors (Lipinski definition) is 0. The summed E-state index contributed by atoms with van der Waals surface area (Å²) in [6.07, 6.45) is 0.839. The quantitative estimate of drug-likeness (QED) is 0.244. The van der Waals surface area contributed by atoms with Gasteiger partial charge in [-0.2, -0.15) is 0 Å². The third-order valence-corrected chi connectivity index (χ3v) is 4.40. The lowest BCUT2D eigenvalue weighted by molar-refractivity contribution is -0.385. The van der Waals surface area contributed by atoms with E-state index in [1.807, 2.05) is 0 Å². The normalized spacial score (nSPS) is 17.6. The Morgan fingerprint density at radius 3 is 2.16 bits per heavy atom. The highest BCUT2D eigenvalue weighted by atomic mass is 32.2. The molecule has 11 heteroatoms. The molecular formula is C14H13NO9S. The number of sulfone groups is 1. The minimum absolute atomic E-state index is 0.384. The molecule has 25 heavy (non-hydrogen) atoms. The number of nitro groups is 1. The summed E-state index contributed by atoms with van der Waals surface area (Å²) in [6.45, 7) is 2.57. The first-order chi connectivity index (χ1) is 11.3. The van der Waals surface area contributed by atoms with Crippen LogP contribution in [-0.4, -0.2) is 43.1 Å². The summed E-state index contributed by atoms with van der Waals surface area (Å²) in [5.74, 6) is -7.19. The van der Waals surface area contributed by atoms with Crippen LogP contribution in [0.3, 0.4) is 0 Å². The molecule has 0 N–H and O–H groups in total. The zero-order valence-corrected chi connectivity index (χ0v) is 14.2. The zero-order valence-electron chi connectivity index (χ0n) is 13.3. The predicted octanol–water partition coefficient (Wildman–Crippen LogP) is 0.633. The van der Waals surface area contributed by atoms with Gasteiger partial charge in [-0.1, -0.05) is 0 Å². The Bertz CT molecular complexity index is 881. The number of hydrogen-bond acceptors (Lipinski definition) is 9. The molecule has 1 aliphatic rings. The van der Waals surface area contributed by atoms with E-state index in [4.69, 9.17) is 9.47 Å². The van der Waals surface area contributed by atoms with E-state index in [1.54, 1.807) is 0 Å². The van der Waals surface area contributed by atoms with Gasteiger partial charge >= 0.3 is 11.9 Å². The van der Waals surface area contributed by atoms with Crippen LogP contribution in [0.1, 0.15) is 24.2 Å². The van der Waals surface area contributed by atoms with Crippen LogP contribution in [0, 0.1) is 16.0 Å². The lowest BCUT2D eigenvalue weighted by atomic mass is 9.95. The molecule has 0 saturated carbocycles. The summed E-state index contributed by atoms with van der Waals surface area (Å²) in [7, 11) is -3.76. The maximum atomic E-state index is 12.5. The second-order valence-electron chi connectivity index (χ2n) is 5.75. The third kappa shape index (κ3) is 3.65. The van der Waals surface area contributed by atoms with Gasteiger partial charge in [-0.3, -0.25) is 24.5 Å². The highest BCUT2D eigenvalue weighted by molar-refractivity contribution is 7.90. The average molecular weight is 371 g/mol. The van der Waals surface area contributed by atoms with Gasteiger partial charge in [0.1, 0.15) is 0 Å². The maximum absolute atomic E-state index is 12.5. The molecule has 1 saturated heterocycles. The number of nitrogens with zero attached hydrogens (tertiary/aromatic N) is 1. The first-order valence-electron chi connectivity index (χ1n) is 6.82. The van der Waals surface area contributed by atoms with Crippen LogP contribution in [0.25, 0.3) is 0 Å². The predicted molar refractivity (Wildman–Crippen MR) is 80.3 cm³/mol. The smallest absolute Gasteiger partial charge is 0.331 e. The van der Waals surface area contributed by atoms with Crippen LogP contribution < -0.4 is 0 Å². The molecule has 0 radical (unpaired) electrons. The van der Waals surface area contributed by atoms with Gasteiger partial charge in [0, 0.05) is 26.2 Å². The monoisotopic (exact) mass is 371 g/mol. The number of carbonyl (C=O) groups excluding carboxylic acids is 3. The lowest BCUT2D eigenvalue weighted by Gasteiger charge is -2.32. The van der Waals surface area contributed by atoms with Gasteiger partial charge in [0.2, 0.25) is 5.92 Å². The van der Waals surface area contributed by atoms with E-state index in [9.17, 15) is 32.9 Å². The Kier molecular flexibility index (Phi) is 4.38. The molecule has 1 fully saturated rings. The summed E-state index contributed by atoms with van der Waals surface area (Å²) < 4.78 is 32.6. The second-order valence-corrected chi connectivity index (χ2v) is 7.76. The van der Waals surface area contributed by atoms with Crippen molar-refractivity contribution in [3.8, 4) is 0 Å². The fourth-order valence-electron chi connectivity index (χ4n) is 2.19. The molecule has 0 spiro atoms. The number of nitro benzene ring substituents is 1. The molecule has 1 aliphatic heterocycles. The lowest BCUT2D eigenvalue weighted by Crippen LogP contribution is -2.49. The Morgan fingerprint density at radius 1 is 1.20 bits per heavy atom. The largest absolute Gasteiger partial charge is 0.422 e. The van der Waals surface area contributed by atoms with Crippen LogP contribution >= 0.6 is 0 Å². The van der Waals surface area contributed by atoms with Gasteiger partial charge in [0.05, 0.1) is 15.4 Å². The van der Waals surface area contributed by atoms with E-state index in [2.05, 4.69) is 0 Å². The number of benzene rings is 1. The Labute approximate surface area is 141 Å². The van der Waals surface area contributed by atoms with Gasteiger partial charge in [-0.25, -0.2) is 8.42 Å². The van der Waals surface area contributed by atoms with Crippen molar-refractivity contribution in [3.63, 3.8) is 0 Å². The van der Waals surface area contributed by atoms with Crippen molar-refractivity contribution in [2.24, 2.45) is 5.92 Å². The molecule has 1 heterocycles. The van der Waals surface area contributed by atoms with E-state index in [0.29, 0.717) is 6.07 Å². The van der Waals surface area contributed by atoms with Crippen molar-refractivity contribution in [3.05, 3.63) is 33.9 Å². The van der Waals surface area contributed by atoms with Crippen molar-refractivity contribution in [1.29, 1.82) is 0 Å². The summed E-state index contributed by atoms with van der Waals surface area (Å²) in [4.78, 5) is 46.1. The van der Waals surface area contributed by atoms with Gasteiger partial charge in [-0.15, -0.1) is 0 Å². The fraction of sp³-hybridized carbons (Fsp3) is 0.357. The van der Waals surface area contributed by atoms with E-state index in [-0.39, 0.29) is 4.90 Å². The minimum atomic E-state index is -3.76. The minimum Gasteiger partial charge on any atom is -0.422 e. The van der Waals surface area contributed by atoms with Crippen molar-refractivity contribution in [1.82, 2.24) is 0 Å². The van der Waals surface area contributed by atoms with Gasteiger partial charge in [-0.05, 0) is 12.1 Å². The molecular weight excluding hydrogens is 358 g/mol. The molecule has 0 bridgehead atoms. The molecule has 1 aromatic rings. The summed E-state index contributed by atoms with van der Waals surface area (Å²) >= 11 is 0. The van der Waals surface area contributed by atoms with E-state index >= 15 is 0 Å². The van der Waals surface area contributed by atoms with Crippen LogP contribution in [0.2, 0.25) is 0 Å². The second kappa shape index (κ2) is 5.92. The number of ether oxygens (including phenoxy) is 2. The fourth-order valence-corrected chi connectivity index (χ4v) is 2.83. The highest BCUT2D eigenvalue weighted by Gasteiger charge is 2.48.